The topological polar surface area (TPSA) is 40.5 Å². The highest BCUT2D eigenvalue weighted by Gasteiger charge is 2.18. The molecule has 0 radical (unpaired) electrons. The molecule has 0 aliphatic rings. The SMILES string of the molecule is OC(Cc1ccc(F)cc1)C(O)c1ccccc1. The molecule has 94 valence electrons. The Kier molecular flexibility index (Phi) is 4.07. The maximum atomic E-state index is 12.7. The van der Waals surface area contributed by atoms with Crippen molar-refractivity contribution in [2.45, 2.75) is 18.6 Å². The van der Waals surface area contributed by atoms with E-state index in [0.29, 0.717) is 5.56 Å². The highest BCUT2D eigenvalue weighted by Crippen LogP contribution is 2.19. The van der Waals surface area contributed by atoms with Crippen molar-refractivity contribution in [1.82, 2.24) is 0 Å². The van der Waals surface area contributed by atoms with Crippen LogP contribution >= 0.6 is 0 Å². The lowest BCUT2D eigenvalue weighted by Crippen LogP contribution is -2.20. The Bertz CT molecular complexity index is 482. The maximum Gasteiger partial charge on any atom is 0.123 e. The zero-order valence-electron chi connectivity index (χ0n) is 9.83. The normalized spacial score (nSPS) is 14.2. The van der Waals surface area contributed by atoms with E-state index in [1.807, 2.05) is 18.2 Å². The van der Waals surface area contributed by atoms with Gasteiger partial charge in [-0.3, -0.25) is 0 Å². The minimum Gasteiger partial charge on any atom is -0.390 e. The summed E-state index contributed by atoms with van der Waals surface area (Å²) in [6.45, 7) is 0. The van der Waals surface area contributed by atoms with Gasteiger partial charge in [-0.1, -0.05) is 42.5 Å². The van der Waals surface area contributed by atoms with Crippen molar-refractivity contribution in [3.63, 3.8) is 0 Å². The van der Waals surface area contributed by atoms with Crippen LogP contribution in [0.4, 0.5) is 4.39 Å². The maximum absolute atomic E-state index is 12.7. The molecule has 2 aromatic carbocycles. The van der Waals surface area contributed by atoms with Crippen LogP contribution in [0.3, 0.4) is 0 Å². The zero-order valence-corrected chi connectivity index (χ0v) is 9.83. The van der Waals surface area contributed by atoms with Gasteiger partial charge in [0.1, 0.15) is 11.9 Å². The molecule has 18 heavy (non-hydrogen) atoms. The van der Waals surface area contributed by atoms with Gasteiger partial charge in [-0.25, -0.2) is 4.39 Å². The second kappa shape index (κ2) is 5.76. The number of aliphatic hydroxyl groups is 2. The zero-order chi connectivity index (χ0) is 13.0. The number of halogens is 1. The number of hydrogen-bond donors (Lipinski definition) is 2. The molecule has 0 saturated carbocycles. The van der Waals surface area contributed by atoms with E-state index in [2.05, 4.69) is 0 Å². The van der Waals surface area contributed by atoms with E-state index in [4.69, 9.17) is 0 Å². The van der Waals surface area contributed by atoms with Gasteiger partial charge in [-0.05, 0) is 23.3 Å². The van der Waals surface area contributed by atoms with E-state index >= 15 is 0 Å². The van der Waals surface area contributed by atoms with Crippen LogP contribution in [-0.4, -0.2) is 16.3 Å². The summed E-state index contributed by atoms with van der Waals surface area (Å²) >= 11 is 0. The van der Waals surface area contributed by atoms with Crippen LogP contribution in [0.2, 0.25) is 0 Å². The van der Waals surface area contributed by atoms with E-state index in [-0.39, 0.29) is 12.2 Å². The van der Waals surface area contributed by atoms with Gasteiger partial charge in [-0.2, -0.15) is 0 Å². The monoisotopic (exact) mass is 246 g/mol. The predicted octanol–water partition coefficient (Wildman–Crippen LogP) is 2.46. The van der Waals surface area contributed by atoms with Gasteiger partial charge in [0.15, 0.2) is 0 Å². The predicted molar refractivity (Wildman–Crippen MR) is 67.5 cm³/mol. The van der Waals surface area contributed by atoms with Gasteiger partial charge >= 0.3 is 0 Å². The summed E-state index contributed by atoms with van der Waals surface area (Å²) in [5, 5.41) is 19.9. The fraction of sp³-hybridized carbons (Fsp3) is 0.200. The largest absolute Gasteiger partial charge is 0.390 e. The number of rotatable bonds is 4. The first kappa shape index (κ1) is 12.7. The van der Waals surface area contributed by atoms with E-state index in [0.717, 1.165) is 5.56 Å². The van der Waals surface area contributed by atoms with Crippen LogP contribution in [0, 0.1) is 5.82 Å². The summed E-state index contributed by atoms with van der Waals surface area (Å²) in [4.78, 5) is 0. The van der Waals surface area contributed by atoms with Crippen molar-refractivity contribution >= 4 is 0 Å². The molecule has 2 atom stereocenters. The quantitative estimate of drug-likeness (QED) is 0.870. The van der Waals surface area contributed by atoms with Gasteiger partial charge in [-0.15, -0.1) is 0 Å². The molecule has 0 spiro atoms. The van der Waals surface area contributed by atoms with Crippen molar-refractivity contribution in [3.8, 4) is 0 Å². The highest BCUT2D eigenvalue weighted by atomic mass is 19.1. The second-order valence-electron chi connectivity index (χ2n) is 4.25. The summed E-state index contributed by atoms with van der Waals surface area (Å²) in [6.07, 6.45) is -1.55. The lowest BCUT2D eigenvalue weighted by Gasteiger charge is -2.18. The van der Waals surface area contributed by atoms with Gasteiger partial charge < -0.3 is 10.2 Å². The van der Waals surface area contributed by atoms with Crippen molar-refractivity contribution in [2.24, 2.45) is 0 Å². The van der Waals surface area contributed by atoms with E-state index < -0.39 is 12.2 Å². The van der Waals surface area contributed by atoms with Crippen molar-refractivity contribution < 1.29 is 14.6 Å². The van der Waals surface area contributed by atoms with Crippen molar-refractivity contribution in [1.29, 1.82) is 0 Å². The first-order valence-corrected chi connectivity index (χ1v) is 5.82. The second-order valence-corrected chi connectivity index (χ2v) is 4.25. The van der Waals surface area contributed by atoms with Crippen LogP contribution < -0.4 is 0 Å². The molecule has 0 heterocycles. The average molecular weight is 246 g/mol. The average Bonchev–Trinajstić information content (AvgIpc) is 2.41. The lowest BCUT2D eigenvalue weighted by atomic mass is 9.98. The Morgan fingerprint density at radius 2 is 1.50 bits per heavy atom. The molecule has 2 rings (SSSR count). The standard InChI is InChI=1S/C15H15FO2/c16-13-8-6-11(7-9-13)10-14(17)15(18)12-4-2-1-3-5-12/h1-9,14-15,17-18H,10H2. The molecular formula is C15H15FO2. The minimum atomic E-state index is -0.934. The van der Waals surface area contributed by atoms with Gasteiger partial charge in [0, 0.05) is 6.42 Å². The van der Waals surface area contributed by atoms with Crippen molar-refractivity contribution in [3.05, 3.63) is 71.5 Å². The van der Waals surface area contributed by atoms with E-state index in [1.54, 1.807) is 24.3 Å². The minimum absolute atomic E-state index is 0.288. The van der Waals surface area contributed by atoms with Crippen LogP contribution in [-0.2, 0) is 6.42 Å². The number of aliphatic hydroxyl groups excluding tert-OH is 2. The fourth-order valence-electron chi connectivity index (χ4n) is 1.85. The lowest BCUT2D eigenvalue weighted by molar-refractivity contribution is 0.0189. The van der Waals surface area contributed by atoms with Crippen molar-refractivity contribution in [2.75, 3.05) is 0 Å². The molecule has 0 bridgehead atoms. The highest BCUT2D eigenvalue weighted by molar-refractivity contribution is 5.21. The molecule has 2 unspecified atom stereocenters. The molecule has 2 aromatic rings. The molecule has 0 saturated heterocycles. The molecule has 2 N–H and O–H groups in total. The Labute approximate surface area is 105 Å². The van der Waals surface area contributed by atoms with Gasteiger partial charge in [0.2, 0.25) is 0 Å². The van der Waals surface area contributed by atoms with Gasteiger partial charge in [0.05, 0.1) is 6.10 Å². The first-order chi connectivity index (χ1) is 8.66. The van der Waals surface area contributed by atoms with Crippen LogP contribution in [0.1, 0.15) is 17.2 Å². The Balaban J connectivity index is 2.03. The summed E-state index contributed by atoms with van der Waals surface area (Å²) < 4.78 is 12.7. The van der Waals surface area contributed by atoms with Crippen LogP contribution in [0.25, 0.3) is 0 Å². The summed E-state index contributed by atoms with van der Waals surface area (Å²) in [5.74, 6) is -0.308. The molecular weight excluding hydrogens is 231 g/mol. The van der Waals surface area contributed by atoms with Crippen LogP contribution in [0.15, 0.2) is 54.6 Å². The molecule has 0 aliphatic carbocycles. The third kappa shape index (κ3) is 3.15. The third-order valence-corrected chi connectivity index (χ3v) is 2.86. The third-order valence-electron chi connectivity index (χ3n) is 2.86. The Morgan fingerprint density at radius 3 is 2.11 bits per heavy atom. The molecule has 0 aromatic heterocycles. The Morgan fingerprint density at radius 1 is 0.889 bits per heavy atom. The first-order valence-electron chi connectivity index (χ1n) is 5.82. The number of hydrogen-bond acceptors (Lipinski definition) is 2. The van der Waals surface area contributed by atoms with E-state index in [9.17, 15) is 14.6 Å². The molecule has 0 amide bonds. The summed E-state index contributed by atoms with van der Waals surface area (Å²) in [7, 11) is 0. The van der Waals surface area contributed by atoms with Gasteiger partial charge in [0.25, 0.3) is 0 Å². The number of benzene rings is 2. The molecule has 3 heteroatoms. The fourth-order valence-corrected chi connectivity index (χ4v) is 1.85. The van der Waals surface area contributed by atoms with E-state index in [1.165, 1.54) is 12.1 Å². The molecule has 0 aliphatic heterocycles. The molecule has 2 nitrogen and oxygen atoms in total. The summed E-state index contributed by atoms with van der Waals surface area (Å²) in [6, 6.07) is 14.9. The smallest absolute Gasteiger partial charge is 0.123 e. The van der Waals surface area contributed by atoms with Crippen LogP contribution in [0.5, 0.6) is 0 Å². The summed E-state index contributed by atoms with van der Waals surface area (Å²) in [5.41, 5.74) is 1.46. The molecule has 0 fully saturated rings. The Hall–Kier alpha value is -1.71.